The van der Waals surface area contributed by atoms with Crippen molar-refractivity contribution in [3.63, 3.8) is 0 Å². The Bertz CT molecular complexity index is 1360. The van der Waals surface area contributed by atoms with Gasteiger partial charge in [-0.3, -0.25) is 0 Å². The summed E-state index contributed by atoms with van der Waals surface area (Å²) in [6.45, 7) is 1.76. The highest BCUT2D eigenvalue weighted by Crippen LogP contribution is 2.50. The van der Waals surface area contributed by atoms with E-state index in [1.807, 2.05) is 18.2 Å². The van der Waals surface area contributed by atoms with E-state index in [2.05, 4.69) is 44.1 Å². The van der Waals surface area contributed by atoms with Crippen LogP contribution in [0.4, 0.5) is 11.6 Å². The number of nitrogens with two attached hydrogens (primary N) is 2. The highest BCUT2D eigenvalue weighted by molar-refractivity contribution is 7.99. The van der Waals surface area contributed by atoms with Gasteiger partial charge in [-0.05, 0) is 35.7 Å². The first kappa shape index (κ1) is 19.7. The van der Waals surface area contributed by atoms with Crippen LogP contribution in [0.25, 0.3) is 11.2 Å². The summed E-state index contributed by atoms with van der Waals surface area (Å²) in [6.07, 6.45) is 4.44. The summed E-state index contributed by atoms with van der Waals surface area (Å²) >= 11 is 7.67. The lowest BCUT2D eigenvalue weighted by molar-refractivity contribution is 0.181. The molecular formula is C23H20ClN7S. The molecule has 0 radical (unpaired) electrons. The molecule has 0 saturated carbocycles. The molecule has 1 unspecified atom stereocenters. The van der Waals surface area contributed by atoms with Crippen LogP contribution < -0.4 is 16.4 Å². The first-order valence-electron chi connectivity index (χ1n) is 10.3. The fourth-order valence-electron chi connectivity index (χ4n) is 4.72. The molecule has 1 aliphatic carbocycles. The van der Waals surface area contributed by atoms with Crippen molar-refractivity contribution >= 4 is 46.2 Å². The molecule has 0 bridgehead atoms. The molecule has 3 aromatic heterocycles. The standard InChI is InChI=1S/C23H20ClN7S/c24-19-16(7-8-27-21(19)26)32-18-6-5-15-22(30-18)28-10-17(29-15)31-11-23(12-31)9-13-3-1-2-4-14(13)20(23)25/h1-8,10,20H,9,11-12,25H2,(H2,26,27). The van der Waals surface area contributed by atoms with Gasteiger partial charge in [-0.2, -0.15) is 0 Å². The van der Waals surface area contributed by atoms with Gasteiger partial charge in [-0.25, -0.2) is 19.9 Å². The zero-order chi connectivity index (χ0) is 21.9. The number of nitrogen functional groups attached to an aromatic ring is 1. The molecule has 1 spiro atoms. The summed E-state index contributed by atoms with van der Waals surface area (Å²) in [7, 11) is 0. The van der Waals surface area contributed by atoms with Crippen LogP contribution in [0.15, 0.2) is 64.8 Å². The topological polar surface area (TPSA) is 107 Å². The van der Waals surface area contributed by atoms with Gasteiger partial charge in [0.15, 0.2) is 5.65 Å². The number of fused-ring (bicyclic) bond motifs is 2. The first-order valence-corrected chi connectivity index (χ1v) is 11.5. The Morgan fingerprint density at radius 3 is 2.75 bits per heavy atom. The van der Waals surface area contributed by atoms with Gasteiger partial charge in [0.2, 0.25) is 0 Å². The van der Waals surface area contributed by atoms with Crippen molar-refractivity contribution in [3.8, 4) is 0 Å². The largest absolute Gasteiger partial charge is 0.382 e. The molecule has 1 aliphatic heterocycles. The lowest BCUT2D eigenvalue weighted by Crippen LogP contribution is -2.60. The predicted molar refractivity (Wildman–Crippen MR) is 127 cm³/mol. The summed E-state index contributed by atoms with van der Waals surface area (Å²) in [5.74, 6) is 1.16. The van der Waals surface area contributed by atoms with Crippen LogP contribution in [0, 0.1) is 5.41 Å². The molecule has 32 heavy (non-hydrogen) atoms. The summed E-state index contributed by atoms with van der Waals surface area (Å²) in [4.78, 5) is 21.0. The third-order valence-corrected chi connectivity index (χ3v) is 7.90. The van der Waals surface area contributed by atoms with E-state index in [0.29, 0.717) is 16.5 Å². The molecular weight excluding hydrogens is 442 g/mol. The predicted octanol–water partition coefficient (Wildman–Crippen LogP) is 3.87. The summed E-state index contributed by atoms with van der Waals surface area (Å²) < 4.78 is 0. The normalized spacial score (nSPS) is 18.7. The number of anilines is 2. The number of rotatable bonds is 3. The maximum Gasteiger partial charge on any atom is 0.179 e. The molecule has 7 nitrogen and oxygen atoms in total. The Morgan fingerprint density at radius 2 is 1.91 bits per heavy atom. The molecule has 9 heteroatoms. The fraction of sp³-hybridized carbons (Fsp3) is 0.217. The minimum absolute atomic E-state index is 0.0682. The molecule has 4 aromatic rings. The minimum Gasteiger partial charge on any atom is -0.382 e. The minimum atomic E-state index is 0.0682. The lowest BCUT2D eigenvalue weighted by atomic mass is 9.74. The molecule has 4 N–H and O–H groups in total. The Balaban J connectivity index is 1.21. The van der Waals surface area contributed by atoms with Crippen molar-refractivity contribution in [1.82, 2.24) is 19.9 Å². The van der Waals surface area contributed by atoms with Gasteiger partial charge < -0.3 is 16.4 Å². The Hall–Kier alpha value is -2.94. The van der Waals surface area contributed by atoms with Crippen LogP contribution in [-0.4, -0.2) is 33.0 Å². The average Bonchev–Trinajstić information content (AvgIpc) is 3.08. The molecule has 1 atom stereocenters. The van der Waals surface area contributed by atoms with Crippen LogP contribution in [0.2, 0.25) is 5.02 Å². The van der Waals surface area contributed by atoms with Crippen molar-refractivity contribution in [2.45, 2.75) is 22.4 Å². The molecule has 1 fully saturated rings. The highest BCUT2D eigenvalue weighted by atomic mass is 35.5. The zero-order valence-corrected chi connectivity index (χ0v) is 18.6. The van der Waals surface area contributed by atoms with Crippen molar-refractivity contribution < 1.29 is 0 Å². The molecule has 1 aromatic carbocycles. The highest BCUT2D eigenvalue weighted by Gasteiger charge is 2.52. The van der Waals surface area contributed by atoms with E-state index in [9.17, 15) is 0 Å². The number of halogens is 1. The molecule has 160 valence electrons. The monoisotopic (exact) mass is 461 g/mol. The van der Waals surface area contributed by atoms with Crippen LogP contribution in [0.3, 0.4) is 0 Å². The maximum absolute atomic E-state index is 6.62. The second-order valence-electron chi connectivity index (χ2n) is 8.40. The molecule has 0 amide bonds. The van der Waals surface area contributed by atoms with E-state index in [4.69, 9.17) is 28.1 Å². The van der Waals surface area contributed by atoms with E-state index in [0.717, 1.165) is 40.8 Å². The molecule has 4 heterocycles. The first-order chi connectivity index (χ1) is 15.5. The van der Waals surface area contributed by atoms with E-state index in [1.54, 1.807) is 12.4 Å². The second-order valence-corrected chi connectivity index (χ2v) is 9.84. The van der Waals surface area contributed by atoms with Gasteiger partial charge in [0.1, 0.15) is 22.2 Å². The van der Waals surface area contributed by atoms with E-state index < -0.39 is 0 Å². The van der Waals surface area contributed by atoms with E-state index >= 15 is 0 Å². The fourth-order valence-corrected chi connectivity index (χ4v) is 5.77. The number of nitrogens with zero attached hydrogens (tertiary/aromatic N) is 5. The number of hydrogen-bond donors (Lipinski definition) is 2. The Labute approximate surface area is 194 Å². The van der Waals surface area contributed by atoms with Gasteiger partial charge in [-0.1, -0.05) is 47.6 Å². The van der Waals surface area contributed by atoms with E-state index in [-0.39, 0.29) is 11.5 Å². The van der Waals surface area contributed by atoms with E-state index in [1.165, 1.54) is 22.9 Å². The summed E-state index contributed by atoms with van der Waals surface area (Å²) in [5.41, 5.74) is 16.5. The molecule has 6 rings (SSSR count). The van der Waals surface area contributed by atoms with Crippen molar-refractivity contribution in [2.75, 3.05) is 23.7 Å². The van der Waals surface area contributed by atoms with Crippen molar-refractivity contribution in [1.29, 1.82) is 0 Å². The maximum atomic E-state index is 6.62. The SMILES string of the molecule is Nc1nccc(Sc2ccc3nc(N4CC5(Cc6ccccc6C5N)C4)cnc3n2)c1Cl. The quantitative estimate of drug-likeness (QED) is 0.473. The lowest BCUT2D eigenvalue weighted by Gasteiger charge is -2.51. The summed E-state index contributed by atoms with van der Waals surface area (Å²) in [5, 5.41) is 1.20. The third kappa shape index (κ3) is 3.09. The Morgan fingerprint density at radius 1 is 1.06 bits per heavy atom. The molecule has 1 saturated heterocycles. The third-order valence-electron chi connectivity index (χ3n) is 6.39. The van der Waals surface area contributed by atoms with Crippen LogP contribution >= 0.6 is 23.4 Å². The Kier molecular flexibility index (Phi) is 4.50. The molecule has 2 aliphatic rings. The van der Waals surface area contributed by atoms with Crippen molar-refractivity contribution in [3.05, 3.63) is 71.0 Å². The second kappa shape index (κ2) is 7.30. The van der Waals surface area contributed by atoms with Gasteiger partial charge in [-0.15, -0.1) is 0 Å². The van der Waals surface area contributed by atoms with Gasteiger partial charge in [0.25, 0.3) is 0 Å². The number of benzene rings is 1. The van der Waals surface area contributed by atoms with Gasteiger partial charge in [0.05, 0.1) is 11.2 Å². The van der Waals surface area contributed by atoms with Crippen LogP contribution in [0.1, 0.15) is 17.2 Å². The van der Waals surface area contributed by atoms with Crippen molar-refractivity contribution in [2.24, 2.45) is 11.1 Å². The smallest absolute Gasteiger partial charge is 0.179 e. The van der Waals surface area contributed by atoms with Crippen LogP contribution in [0.5, 0.6) is 0 Å². The van der Waals surface area contributed by atoms with Crippen LogP contribution in [-0.2, 0) is 6.42 Å². The number of hydrogen-bond acceptors (Lipinski definition) is 8. The number of pyridine rings is 2. The number of aromatic nitrogens is 4. The van der Waals surface area contributed by atoms with Gasteiger partial charge >= 0.3 is 0 Å². The zero-order valence-electron chi connectivity index (χ0n) is 17.1. The van der Waals surface area contributed by atoms with Gasteiger partial charge in [0, 0.05) is 35.6 Å². The average molecular weight is 462 g/mol. The summed E-state index contributed by atoms with van der Waals surface area (Å²) in [6, 6.07) is 14.2.